The Balaban J connectivity index is 1.89. The molecule has 1 fully saturated rings. The zero-order chi connectivity index (χ0) is 18.4. The summed E-state index contributed by atoms with van der Waals surface area (Å²) < 4.78 is 1.93. The first-order valence-corrected chi connectivity index (χ1v) is 8.42. The predicted molar refractivity (Wildman–Crippen MR) is 95.3 cm³/mol. The quantitative estimate of drug-likeness (QED) is 0.886. The van der Waals surface area contributed by atoms with E-state index in [2.05, 4.69) is 31.2 Å². The molecule has 6 nitrogen and oxygen atoms in total. The second-order valence-corrected chi connectivity index (χ2v) is 7.60. The van der Waals surface area contributed by atoms with Gasteiger partial charge in [0.05, 0.1) is 11.1 Å². The van der Waals surface area contributed by atoms with Crippen molar-refractivity contribution in [1.29, 1.82) is 0 Å². The molecule has 2 N–H and O–H groups in total. The van der Waals surface area contributed by atoms with Gasteiger partial charge in [-0.2, -0.15) is 5.10 Å². The monoisotopic (exact) mass is 341 g/mol. The molecule has 0 saturated heterocycles. The Labute approximate surface area is 146 Å². The topological polar surface area (TPSA) is 84.2 Å². The number of carboxylic acid groups (broad SMARTS) is 1. The number of nitrogens with one attached hydrogen (secondary N) is 1. The van der Waals surface area contributed by atoms with E-state index in [9.17, 15) is 9.59 Å². The molecule has 1 aliphatic carbocycles. The van der Waals surface area contributed by atoms with E-state index in [1.165, 1.54) is 12.1 Å². The molecule has 1 saturated carbocycles. The van der Waals surface area contributed by atoms with Gasteiger partial charge in [0.25, 0.3) is 5.91 Å². The molecule has 0 unspecified atom stereocenters. The summed E-state index contributed by atoms with van der Waals surface area (Å²) in [5.74, 6) is -0.871. The van der Waals surface area contributed by atoms with Gasteiger partial charge in [0.2, 0.25) is 0 Å². The number of anilines is 1. The first-order chi connectivity index (χ1) is 11.7. The van der Waals surface area contributed by atoms with E-state index in [1.807, 2.05) is 17.7 Å². The van der Waals surface area contributed by atoms with Gasteiger partial charge in [-0.05, 0) is 64.3 Å². The van der Waals surface area contributed by atoms with Gasteiger partial charge < -0.3 is 10.4 Å². The Hall–Kier alpha value is -2.63. The van der Waals surface area contributed by atoms with Crippen LogP contribution in [0.25, 0.3) is 0 Å². The van der Waals surface area contributed by atoms with Crippen LogP contribution in [0, 0.1) is 6.92 Å². The number of nitrogens with zero attached hydrogens (tertiary/aromatic N) is 2. The van der Waals surface area contributed by atoms with Gasteiger partial charge >= 0.3 is 5.97 Å². The molecule has 1 aromatic carbocycles. The van der Waals surface area contributed by atoms with E-state index in [0.29, 0.717) is 17.3 Å². The number of amides is 1. The molecular weight excluding hydrogens is 318 g/mol. The lowest BCUT2D eigenvalue weighted by Gasteiger charge is -2.22. The van der Waals surface area contributed by atoms with E-state index >= 15 is 0 Å². The SMILES string of the molecule is Cc1ccc(C(=O)O)cc1NC(=O)c1cc(C2CC2)n(C(C)(C)C)n1. The number of carbonyl (C=O) groups excluding carboxylic acids is 1. The van der Waals surface area contributed by atoms with Crippen molar-refractivity contribution in [3.8, 4) is 0 Å². The lowest BCUT2D eigenvalue weighted by molar-refractivity contribution is 0.0696. The highest BCUT2D eigenvalue weighted by atomic mass is 16.4. The Kier molecular flexibility index (Phi) is 4.14. The van der Waals surface area contributed by atoms with Crippen LogP contribution < -0.4 is 5.32 Å². The van der Waals surface area contributed by atoms with Crippen LogP contribution in [0.3, 0.4) is 0 Å². The molecule has 0 atom stereocenters. The summed E-state index contributed by atoms with van der Waals surface area (Å²) in [5.41, 5.74) is 2.68. The van der Waals surface area contributed by atoms with Crippen LogP contribution in [0.5, 0.6) is 0 Å². The zero-order valence-corrected chi connectivity index (χ0v) is 15.0. The van der Waals surface area contributed by atoms with Crippen LogP contribution in [-0.4, -0.2) is 26.8 Å². The zero-order valence-electron chi connectivity index (χ0n) is 15.0. The molecule has 2 aromatic rings. The number of aromatic nitrogens is 2. The lowest BCUT2D eigenvalue weighted by Crippen LogP contribution is -2.25. The van der Waals surface area contributed by atoms with Crippen molar-refractivity contribution in [2.45, 2.75) is 52.0 Å². The molecule has 0 aliphatic heterocycles. The number of aryl methyl sites for hydroxylation is 1. The fourth-order valence-electron chi connectivity index (χ4n) is 2.79. The third-order valence-electron chi connectivity index (χ3n) is 4.33. The number of carbonyl (C=O) groups is 2. The van der Waals surface area contributed by atoms with Crippen LogP contribution in [0.2, 0.25) is 0 Å². The Morgan fingerprint density at radius 1 is 1.24 bits per heavy atom. The number of hydrogen-bond acceptors (Lipinski definition) is 3. The molecule has 132 valence electrons. The second kappa shape index (κ2) is 6.02. The van der Waals surface area contributed by atoms with Gasteiger partial charge in [-0.1, -0.05) is 6.07 Å². The number of hydrogen-bond donors (Lipinski definition) is 2. The van der Waals surface area contributed by atoms with Gasteiger partial charge in [0.15, 0.2) is 5.69 Å². The minimum absolute atomic E-state index is 0.139. The summed E-state index contributed by atoms with van der Waals surface area (Å²) in [6.07, 6.45) is 2.26. The van der Waals surface area contributed by atoms with Crippen molar-refractivity contribution in [2.24, 2.45) is 0 Å². The average Bonchev–Trinajstić information content (AvgIpc) is 3.26. The summed E-state index contributed by atoms with van der Waals surface area (Å²) >= 11 is 0. The van der Waals surface area contributed by atoms with Crippen molar-refractivity contribution in [3.05, 3.63) is 46.8 Å². The van der Waals surface area contributed by atoms with Crippen LogP contribution in [-0.2, 0) is 5.54 Å². The molecule has 1 amide bonds. The molecule has 0 radical (unpaired) electrons. The highest BCUT2D eigenvalue weighted by molar-refractivity contribution is 6.04. The number of benzene rings is 1. The Bertz CT molecular complexity index is 842. The molecule has 6 heteroatoms. The minimum Gasteiger partial charge on any atom is -0.478 e. The van der Waals surface area contributed by atoms with E-state index in [1.54, 1.807) is 6.07 Å². The highest BCUT2D eigenvalue weighted by Gasteiger charge is 2.32. The van der Waals surface area contributed by atoms with Gasteiger partial charge in [-0.15, -0.1) is 0 Å². The normalized spacial score (nSPS) is 14.4. The molecular formula is C19H23N3O3. The smallest absolute Gasteiger partial charge is 0.335 e. The minimum atomic E-state index is -1.02. The van der Waals surface area contributed by atoms with Gasteiger partial charge in [0.1, 0.15) is 0 Å². The molecule has 0 bridgehead atoms. The summed E-state index contributed by atoms with van der Waals surface area (Å²) in [6.45, 7) is 8.01. The lowest BCUT2D eigenvalue weighted by atomic mass is 10.1. The maximum Gasteiger partial charge on any atom is 0.335 e. The Morgan fingerprint density at radius 2 is 1.92 bits per heavy atom. The van der Waals surface area contributed by atoms with Crippen molar-refractivity contribution in [1.82, 2.24) is 9.78 Å². The largest absolute Gasteiger partial charge is 0.478 e. The summed E-state index contributed by atoms with van der Waals surface area (Å²) in [4.78, 5) is 23.8. The summed E-state index contributed by atoms with van der Waals surface area (Å²) in [5, 5.41) is 16.4. The van der Waals surface area contributed by atoms with Crippen LogP contribution in [0.1, 0.15) is 71.6 Å². The number of aromatic carboxylic acids is 1. The third kappa shape index (κ3) is 3.57. The fraction of sp³-hybridized carbons (Fsp3) is 0.421. The molecule has 25 heavy (non-hydrogen) atoms. The first kappa shape index (κ1) is 17.2. The van der Waals surface area contributed by atoms with E-state index in [-0.39, 0.29) is 17.0 Å². The van der Waals surface area contributed by atoms with Crippen LogP contribution in [0.4, 0.5) is 5.69 Å². The Morgan fingerprint density at radius 3 is 2.48 bits per heavy atom. The molecule has 0 spiro atoms. The molecule has 1 aliphatic rings. The van der Waals surface area contributed by atoms with Gasteiger partial charge in [-0.25, -0.2) is 4.79 Å². The second-order valence-electron chi connectivity index (χ2n) is 7.60. The first-order valence-electron chi connectivity index (χ1n) is 8.42. The standard InChI is InChI=1S/C19H23N3O3/c1-11-5-6-13(18(24)25)9-14(11)20-17(23)15-10-16(12-7-8-12)22(21-15)19(2,3)4/h5-6,9-10,12H,7-8H2,1-4H3,(H,20,23)(H,24,25). The van der Waals surface area contributed by atoms with E-state index in [0.717, 1.165) is 24.1 Å². The summed E-state index contributed by atoms with van der Waals surface area (Å²) in [6, 6.07) is 6.53. The predicted octanol–water partition coefficient (Wildman–Crippen LogP) is 3.77. The van der Waals surface area contributed by atoms with Crippen LogP contribution in [0.15, 0.2) is 24.3 Å². The number of carboxylic acids is 1. The highest BCUT2D eigenvalue weighted by Crippen LogP contribution is 2.41. The third-order valence-corrected chi connectivity index (χ3v) is 4.33. The van der Waals surface area contributed by atoms with Crippen molar-refractivity contribution in [3.63, 3.8) is 0 Å². The van der Waals surface area contributed by atoms with Gasteiger partial charge in [0, 0.05) is 17.3 Å². The van der Waals surface area contributed by atoms with Crippen molar-refractivity contribution in [2.75, 3.05) is 5.32 Å². The maximum absolute atomic E-state index is 12.6. The molecule has 1 aromatic heterocycles. The van der Waals surface area contributed by atoms with Crippen LogP contribution >= 0.6 is 0 Å². The molecule has 1 heterocycles. The van der Waals surface area contributed by atoms with E-state index < -0.39 is 5.97 Å². The number of rotatable bonds is 4. The van der Waals surface area contributed by atoms with Crippen molar-refractivity contribution >= 4 is 17.6 Å². The average molecular weight is 341 g/mol. The maximum atomic E-state index is 12.6. The van der Waals surface area contributed by atoms with Crippen molar-refractivity contribution < 1.29 is 14.7 Å². The fourth-order valence-corrected chi connectivity index (χ4v) is 2.79. The van der Waals surface area contributed by atoms with Gasteiger partial charge in [-0.3, -0.25) is 9.48 Å². The summed E-state index contributed by atoms with van der Waals surface area (Å²) in [7, 11) is 0. The molecule has 3 rings (SSSR count). The van der Waals surface area contributed by atoms with E-state index in [4.69, 9.17) is 5.11 Å².